The van der Waals surface area contributed by atoms with Crippen LogP contribution in [0.3, 0.4) is 0 Å². The first kappa shape index (κ1) is 17.7. The minimum absolute atomic E-state index is 0.0705. The van der Waals surface area contributed by atoms with Gasteiger partial charge in [-0.1, -0.05) is 12.1 Å². The lowest BCUT2D eigenvalue weighted by molar-refractivity contribution is -0.121. The van der Waals surface area contributed by atoms with Gasteiger partial charge in [0.15, 0.2) is 0 Å². The number of rotatable bonds is 7. The summed E-state index contributed by atoms with van der Waals surface area (Å²) in [6.45, 7) is 6.53. The van der Waals surface area contributed by atoms with Gasteiger partial charge in [-0.15, -0.1) is 0 Å². The predicted octanol–water partition coefficient (Wildman–Crippen LogP) is 0.973. The Morgan fingerprint density at radius 2 is 2.17 bits per heavy atom. The van der Waals surface area contributed by atoms with E-state index in [-0.39, 0.29) is 18.2 Å². The molecule has 0 atom stereocenters. The van der Waals surface area contributed by atoms with Crippen LogP contribution in [-0.2, 0) is 14.8 Å². The van der Waals surface area contributed by atoms with E-state index in [1.54, 1.807) is 0 Å². The van der Waals surface area contributed by atoms with Crippen LogP contribution in [0.5, 0.6) is 0 Å². The molecule has 23 heavy (non-hydrogen) atoms. The quantitative estimate of drug-likeness (QED) is 0.804. The van der Waals surface area contributed by atoms with Crippen LogP contribution in [0.15, 0.2) is 24.3 Å². The number of nitrogens with zero attached hydrogens (tertiary/aromatic N) is 2. The van der Waals surface area contributed by atoms with Crippen LogP contribution >= 0.6 is 0 Å². The van der Waals surface area contributed by atoms with Crippen molar-refractivity contribution in [3.05, 3.63) is 29.8 Å². The smallest absolute Gasteiger partial charge is 0.235 e. The molecule has 1 heterocycles. The van der Waals surface area contributed by atoms with E-state index in [1.807, 2.05) is 6.07 Å². The third-order valence-corrected chi connectivity index (χ3v) is 5.88. The number of carbonyl (C=O) groups is 1. The summed E-state index contributed by atoms with van der Waals surface area (Å²) in [5.74, 6) is -0.0900. The molecule has 1 aliphatic rings. The summed E-state index contributed by atoms with van der Waals surface area (Å²) in [7, 11) is -3.21. The zero-order valence-corrected chi connectivity index (χ0v) is 14.6. The lowest BCUT2D eigenvalue weighted by Gasteiger charge is -2.24. The zero-order chi connectivity index (χ0) is 16.9. The van der Waals surface area contributed by atoms with Gasteiger partial charge in [0, 0.05) is 31.9 Å². The molecule has 0 bridgehead atoms. The summed E-state index contributed by atoms with van der Waals surface area (Å²) in [4.78, 5) is 14.1. The van der Waals surface area contributed by atoms with Gasteiger partial charge in [-0.05, 0) is 38.0 Å². The molecule has 128 valence electrons. The molecule has 0 unspecified atom stereocenters. The fraction of sp³-hybridized carbons (Fsp3) is 0.562. The SMILES string of the molecule is CCN(CCNC(=O)CN1CCCS1(=O)=O)c1cccc(C)c1. The lowest BCUT2D eigenvalue weighted by atomic mass is 10.2. The molecular formula is C16H25N3O3S. The summed E-state index contributed by atoms with van der Waals surface area (Å²) in [5, 5.41) is 2.81. The van der Waals surface area contributed by atoms with E-state index in [1.165, 1.54) is 9.87 Å². The molecule has 1 amide bonds. The standard InChI is InChI=1S/C16H25N3O3S/c1-3-18(15-7-4-6-14(2)12-15)10-8-17-16(20)13-19-9-5-11-23(19,21)22/h4,6-7,12H,3,5,8-11,13H2,1-2H3,(H,17,20). The van der Waals surface area contributed by atoms with Crippen molar-refractivity contribution in [1.82, 2.24) is 9.62 Å². The maximum Gasteiger partial charge on any atom is 0.235 e. The third-order valence-electron chi connectivity index (χ3n) is 3.98. The molecule has 0 aromatic heterocycles. The molecule has 1 saturated heterocycles. The van der Waals surface area contributed by atoms with Crippen LogP contribution in [-0.4, -0.2) is 57.1 Å². The fourth-order valence-corrected chi connectivity index (χ4v) is 4.18. The molecule has 1 fully saturated rings. The van der Waals surface area contributed by atoms with Crippen molar-refractivity contribution in [2.24, 2.45) is 0 Å². The molecule has 6 nitrogen and oxygen atoms in total. The average molecular weight is 339 g/mol. The van der Waals surface area contributed by atoms with E-state index in [2.05, 4.69) is 42.3 Å². The van der Waals surface area contributed by atoms with Crippen molar-refractivity contribution < 1.29 is 13.2 Å². The van der Waals surface area contributed by atoms with Gasteiger partial charge < -0.3 is 10.2 Å². The van der Waals surface area contributed by atoms with E-state index in [9.17, 15) is 13.2 Å². The molecule has 1 aliphatic heterocycles. The highest BCUT2D eigenvalue weighted by atomic mass is 32.2. The number of sulfonamides is 1. The molecular weight excluding hydrogens is 314 g/mol. The van der Waals surface area contributed by atoms with Crippen molar-refractivity contribution in [2.45, 2.75) is 20.3 Å². The number of hydrogen-bond donors (Lipinski definition) is 1. The van der Waals surface area contributed by atoms with Crippen molar-refractivity contribution in [2.75, 3.05) is 43.4 Å². The lowest BCUT2D eigenvalue weighted by Crippen LogP contribution is -2.41. The number of anilines is 1. The van der Waals surface area contributed by atoms with Crippen molar-refractivity contribution in [1.29, 1.82) is 0 Å². The molecule has 0 aliphatic carbocycles. The van der Waals surface area contributed by atoms with Gasteiger partial charge in [0.2, 0.25) is 15.9 Å². The topological polar surface area (TPSA) is 69.7 Å². The van der Waals surface area contributed by atoms with Gasteiger partial charge in [-0.2, -0.15) is 4.31 Å². The molecule has 2 rings (SSSR count). The first-order valence-electron chi connectivity index (χ1n) is 7.98. The Balaban J connectivity index is 1.80. The second kappa shape index (κ2) is 7.79. The highest BCUT2D eigenvalue weighted by Crippen LogP contribution is 2.15. The van der Waals surface area contributed by atoms with E-state index >= 15 is 0 Å². The fourth-order valence-electron chi connectivity index (χ4n) is 2.71. The molecule has 0 radical (unpaired) electrons. The van der Waals surface area contributed by atoms with Gasteiger partial charge in [0.05, 0.1) is 12.3 Å². The van der Waals surface area contributed by atoms with Crippen LogP contribution in [0.1, 0.15) is 18.9 Å². The Morgan fingerprint density at radius 1 is 1.39 bits per heavy atom. The monoisotopic (exact) mass is 339 g/mol. The molecule has 1 aromatic rings. The minimum Gasteiger partial charge on any atom is -0.370 e. The van der Waals surface area contributed by atoms with E-state index in [0.29, 0.717) is 26.1 Å². The van der Waals surface area contributed by atoms with Crippen LogP contribution in [0.2, 0.25) is 0 Å². The highest BCUT2D eigenvalue weighted by Gasteiger charge is 2.29. The molecule has 1 N–H and O–H groups in total. The molecule has 7 heteroatoms. The summed E-state index contributed by atoms with van der Waals surface area (Å²) in [6.07, 6.45) is 0.604. The van der Waals surface area contributed by atoms with E-state index in [4.69, 9.17) is 0 Å². The maximum absolute atomic E-state index is 11.9. The Labute approximate surface area is 138 Å². The number of carbonyl (C=O) groups excluding carboxylic acids is 1. The van der Waals surface area contributed by atoms with Crippen LogP contribution in [0, 0.1) is 6.92 Å². The second-order valence-electron chi connectivity index (χ2n) is 5.77. The second-order valence-corrected chi connectivity index (χ2v) is 7.86. The van der Waals surface area contributed by atoms with Crippen LogP contribution in [0.4, 0.5) is 5.69 Å². The van der Waals surface area contributed by atoms with Crippen molar-refractivity contribution >= 4 is 21.6 Å². The number of benzene rings is 1. The van der Waals surface area contributed by atoms with E-state index < -0.39 is 10.0 Å². The number of aryl methyl sites for hydroxylation is 1. The largest absolute Gasteiger partial charge is 0.370 e. The summed E-state index contributed by atoms with van der Waals surface area (Å²) in [5.41, 5.74) is 2.33. The van der Waals surface area contributed by atoms with E-state index in [0.717, 1.165) is 12.2 Å². The van der Waals surface area contributed by atoms with Crippen molar-refractivity contribution in [3.63, 3.8) is 0 Å². The summed E-state index contributed by atoms with van der Waals surface area (Å²) < 4.78 is 24.6. The van der Waals surface area contributed by atoms with Crippen molar-refractivity contribution in [3.8, 4) is 0 Å². The highest BCUT2D eigenvalue weighted by molar-refractivity contribution is 7.89. The Bertz CT molecular complexity index is 646. The number of amides is 1. The summed E-state index contributed by atoms with van der Waals surface area (Å²) in [6, 6.07) is 8.23. The van der Waals surface area contributed by atoms with Gasteiger partial charge >= 0.3 is 0 Å². The predicted molar refractivity (Wildman–Crippen MR) is 92.1 cm³/mol. The first-order chi connectivity index (χ1) is 10.9. The maximum atomic E-state index is 11.9. The summed E-state index contributed by atoms with van der Waals surface area (Å²) >= 11 is 0. The number of nitrogens with one attached hydrogen (secondary N) is 1. The molecule has 0 saturated carbocycles. The Kier molecular flexibility index (Phi) is 6.01. The van der Waals surface area contributed by atoms with Crippen LogP contribution in [0.25, 0.3) is 0 Å². The third kappa shape index (κ3) is 4.94. The normalized spacial score (nSPS) is 17.1. The van der Waals surface area contributed by atoms with Gasteiger partial charge in [-0.25, -0.2) is 8.42 Å². The van der Waals surface area contributed by atoms with Crippen LogP contribution < -0.4 is 10.2 Å². The number of likely N-dealkylation sites (N-methyl/N-ethyl adjacent to an activating group) is 1. The average Bonchev–Trinajstić information content (AvgIpc) is 2.82. The first-order valence-corrected chi connectivity index (χ1v) is 9.59. The van der Waals surface area contributed by atoms with Gasteiger partial charge in [-0.3, -0.25) is 4.79 Å². The van der Waals surface area contributed by atoms with Gasteiger partial charge in [0.1, 0.15) is 0 Å². The minimum atomic E-state index is -3.21. The number of hydrogen-bond acceptors (Lipinski definition) is 4. The van der Waals surface area contributed by atoms with Gasteiger partial charge in [0.25, 0.3) is 0 Å². The zero-order valence-electron chi connectivity index (χ0n) is 13.8. The Morgan fingerprint density at radius 3 is 2.78 bits per heavy atom. The molecule has 0 spiro atoms. The molecule has 1 aromatic carbocycles. The Hall–Kier alpha value is -1.60.